The molecule has 0 saturated carbocycles. The molecule has 0 aliphatic carbocycles. The second-order valence-corrected chi connectivity index (χ2v) is 5.70. The van der Waals surface area contributed by atoms with Gasteiger partial charge in [0, 0.05) is 12.1 Å². The van der Waals surface area contributed by atoms with E-state index in [4.69, 9.17) is 9.47 Å². The molecule has 106 valence electrons. The summed E-state index contributed by atoms with van der Waals surface area (Å²) in [7, 11) is -0.646. The van der Waals surface area contributed by atoms with Crippen molar-refractivity contribution >= 4 is 15.7 Å². The molecule has 0 unspecified atom stereocenters. The first-order chi connectivity index (χ1) is 9.55. The number of hydrogen-bond acceptors (Lipinski definition) is 4. The van der Waals surface area contributed by atoms with Crippen LogP contribution in [0.15, 0.2) is 53.4 Å². The average molecular weight is 293 g/mol. The van der Waals surface area contributed by atoms with Crippen molar-refractivity contribution in [3.8, 4) is 11.5 Å². The van der Waals surface area contributed by atoms with Gasteiger partial charge in [0.15, 0.2) is 0 Å². The first kappa shape index (κ1) is 14.2. The second-order valence-electron chi connectivity index (χ2n) is 4.02. The van der Waals surface area contributed by atoms with Crippen molar-refractivity contribution in [2.75, 3.05) is 18.9 Å². The van der Waals surface area contributed by atoms with Crippen molar-refractivity contribution in [2.24, 2.45) is 0 Å². The van der Waals surface area contributed by atoms with Crippen molar-refractivity contribution in [2.45, 2.75) is 4.90 Å². The fraction of sp³-hybridized carbons (Fsp3) is 0.143. The van der Waals surface area contributed by atoms with Crippen LogP contribution in [-0.4, -0.2) is 22.6 Å². The minimum Gasteiger partial charge on any atom is -0.497 e. The first-order valence-electron chi connectivity index (χ1n) is 5.86. The van der Waals surface area contributed by atoms with Crippen LogP contribution in [0.2, 0.25) is 0 Å². The zero-order valence-corrected chi connectivity index (χ0v) is 12.0. The fourth-order valence-corrected chi connectivity index (χ4v) is 2.75. The highest BCUT2D eigenvalue weighted by Gasteiger charge is 2.15. The third-order valence-electron chi connectivity index (χ3n) is 2.67. The van der Waals surface area contributed by atoms with E-state index in [1.54, 1.807) is 36.4 Å². The van der Waals surface area contributed by atoms with Crippen LogP contribution >= 0.6 is 0 Å². The predicted molar refractivity (Wildman–Crippen MR) is 76.8 cm³/mol. The average Bonchev–Trinajstić information content (AvgIpc) is 2.47. The molecule has 20 heavy (non-hydrogen) atoms. The summed E-state index contributed by atoms with van der Waals surface area (Å²) >= 11 is 0. The maximum atomic E-state index is 12.3. The number of nitrogens with one attached hydrogen (secondary N) is 1. The summed E-state index contributed by atoms with van der Waals surface area (Å²) in [5.41, 5.74) is 0.437. The molecule has 0 heterocycles. The molecule has 0 aliphatic heterocycles. The van der Waals surface area contributed by atoms with E-state index in [1.165, 1.54) is 26.4 Å². The van der Waals surface area contributed by atoms with Gasteiger partial charge in [-0.2, -0.15) is 0 Å². The van der Waals surface area contributed by atoms with Gasteiger partial charge in [-0.25, -0.2) is 8.42 Å². The predicted octanol–water partition coefficient (Wildman–Crippen LogP) is 2.50. The minimum atomic E-state index is -3.66. The van der Waals surface area contributed by atoms with E-state index < -0.39 is 10.0 Å². The van der Waals surface area contributed by atoms with E-state index in [0.29, 0.717) is 17.2 Å². The van der Waals surface area contributed by atoms with Gasteiger partial charge in [-0.1, -0.05) is 12.1 Å². The van der Waals surface area contributed by atoms with Crippen molar-refractivity contribution in [1.29, 1.82) is 0 Å². The summed E-state index contributed by atoms with van der Waals surface area (Å²) in [6, 6.07) is 13.0. The zero-order chi connectivity index (χ0) is 14.6. The molecule has 6 heteroatoms. The van der Waals surface area contributed by atoms with Crippen LogP contribution in [0.3, 0.4) is 0 Å². The van der Waals surface area contributed by atoms with E-state index in [0.717, 1.165) is 0 Å². The lowest BCUT2D eigenvalue weighted by Crippen LogP contribution is -2.13. The Hall–Kier alpha value is -2.21. The lowest BCUT2D eigenvalue weighted by Gasteiger charge is -2.10. The van der Waals surface area contributed by atoms with Crippen LogP contribution in [-0.2, 0) is 10.0 Å². The largest absolute Gasteiger partial charge is 0.497 e. The van der Waals surface area contributed by atoms with E-state index >= 15 is 0 Å². The molecule has 2 rings (SSSR count). The Morgan fingerprint density at radius 2 is 1.50 bits per heavy atom. The lowest BCUT2D eigenvalue weighted by atomic mass is 10.3. The third-order valence-corrected chi connectivity index (χ3v) is 4.05. The SMILES string of the molecule is COc1cccc(NS(=O)(=O)c2cccc(OC)c2)c1. The van der Waals surface area contributed by atoms with Gasteiger partial charge in [-0.05, 0) is 24.3 Å². The third kappa shape index (κ3) is 3.21. The molecule has 2 aromatic carbocycles. The molecule has 0 radical (unpaired) electrons. The van der Waals surface area contributed by atoms with Crippen molar-refractivity contribution in [3.63, 3.8) is 0 Å². The molecule has 0 fully saturated rings. The van der Waals surface area contributed by atoms with Crippen molar-refractivity contribution in [3.05, 3.63) is 48.5 Å². The molecule has 2 aromatic rings. The zero-order valence-electron chi connectivity index (χ0n) is 11.2. The van der Waals surface area contributed by atoms with Crippen molar-refractivity contribution in [1.82, 2.24) is 0 Å². The van der Waals surface area contributed by atoms with Gasteiger partial charge in [0.05, 0.1) is 24.8 Å². The van der Waals surface area contributed by atoms with Gasteiger partial charge in [0.25, 0.3) is 10.0 Å². The van der Waals surface area contributed by atoms with Crippen LogP contribution in [0.1, 0.15) is 0 Å². The summed E-state index contributed by atoms with van der Waals surface area (Å²) in [4.78, 5) is 0.139. The number of sulfonamides is 1. The maximum Gasteiger partial charge on any atom is 0.262 e. The Morgan fingerprint density at radius 3 is 2.15 bits per heavy atom. The van der Waals surface area contributed by atoms with Gasteiger partial charge in [-0.15, -0.1) is 0 Å². The smallest absolute Gasteiger partial charge is 0.262 e. The normalized spacial score (nSPS) is 10.9. The van der Waals surface area contributed by atoms with Crippen LogP contribution < -0.4 is 14.2 Å². The highest BCUT2D eigenvalue weighted by Crippen LogP contribution is 2.22. The van der Waals surface area contributed by atoms with Gasteiger partial charge in [0.2, 0.25) is 0 Å². The molecule has 0 bridgehead atoms. The molecule has 1 N–H and O–H groups in total. The first-order valence-corrected chi connectivity index (χ1v) is 7.34. The Labute approximate surface area is 118 Å². The number of hydrogen-bond donors (Lipinski definition) is 1. The molecule has 0 saturated heterocycles. The van der Waals surface area contributed by atoms with Crippen molar-refractivity contribution < 1.29 is 17.9 Å². The number of anilines is 1. The Kier molecular flexibility index (Phi) is 4.14. The highest BCUT2D eigenvalue weighted by molar-refractivity contribution is 7.92. The summed E-state index contributed by atoms with van der Waals surface area (Å²) in [5, 5.41) is 0. The molecule has 0 amide bonds. The molecule has 5 nitrogen and oxygen atoms in total. The molecular weight excluding hydrogens is 278 g/mol. The van der Waals surface area contributed by atoms with E-state index in [-0.39, 0.29) is 4.90 Å². The van der Waals surface area contributed by atoms with E-state index in [2.05, 4.69) is 4.72 Å². The maximum absolute atomic E-state index is 12.3. The summed E-state index contributed by atoms with van der Waals surface area (Å²) < 4.78 is 37.1. The molecule has 0 aromatic heterocycles. The quantitative estimate of drug-likeness (QED) is 0.920. The van der Waals surface area contributed by atoms with Crippen LogP contribution in [0.4, 0.5) is 5.69 Å². The van der Waals surface area contributed by atoms with Gasteiger partial charge in [0.1, 0.15) is 11.5 Å². The molecule has 0 spiro atoms. The van der Waals surface area contributed by atoms with E-state index in [9.17, 15) is 8.42 Å². The second kappa shape index (κ2) is 5.83. The van der Waals surface area contributed by atoms with Gasteiger partial charge < -0.3 is 9.47 Å². The fourth-order valence-electron chi connectivity index (χ4n) is 1.67. The van der Waals surface area contributed by atoms with Gasteiger partial charge >= 0.3 is 0 Å². The number of methoxy groups -OCH3 is 2. The van der Waals surface area contributed by atoms with Gasteiger partial charge in [-0.3, -0.25) is 4.72 Å². The minimum absolute atomic E-state index is 0.139. The highest BCUT2D eigenvalue weighted by atomic mass is 32.2. The Balaban J connectivity index is 2.30. The van der Waals surface area contributed by atoms with E-state index in [1.807, 2.05) is 0 Å². The van der Waals surface area contributed by atoms with Crippen LogP contribution in [0.25, 0.3) is 0 Å². The number of rotatable bonds is 5. The standard InChI is InChI=1S/C14H15NO4S/c1-18-12-6-3-5-11(9-12)15-20(16,17)14-8-4-7-13(10-14)19-2/h3-10,15H,1-2H3. The Morgan fingerprint density at radius 1 is 0.900 bits per heavy atom. The molecular formula is C14H15NO4S. The molecule has 0 atom stereocenters. The summed E-state index contributed by atoms with van der Waals surface area (Å²) in [6.07, 6.45) is 0. The van der Waals surface area contributed by atoms with Crippen LogP contribution in [0.5, 0.6) is 11.5 Å². The Bertz CT molecular complexity index is 698. The lowest BCUT2D eigenvalue weighted by molar-refractivity contribution is 0.413. The monoisotopic (exact) mass is 293 g/mol. The molecule has 0 aliphatic rings. The summed E-state index contributed by atoms with van der Waals surface area (Å²) in [6.45, 7) is 0. The summed E-state index contributed by atoms with van der Waals surface area (Å²) in [5.74, 6) is 1.06. The number of ether oxygens (including phenoxy) is 2. The van der Waals surface area contributed by atoms with Crippen LogP contribution in [0, 0.1) is 0 Å². The number of benzene rings is 2. The topological polar surface area (TPSA) is 64.6 Å².